The highest BCUT2D eigenvalue weighted by Gasteiger charge is 2.73. The molecule has 168 valence electrons. The predicted molar refractivity (Wildman–Crippen MR) is 114 cm³/mol. The fourth-order valence-electron chi connectivity index (χ4n) is 7.43. The molecule has 0 amide bonds. The Labute approximate surface area is 182 Å². The molecule has 0 unspecified atom stereocenters. The van der Waals surface area contributed by atoms with E-state index >= 15 is 0 Å². The van der Waals surface area contributed by atoms with Crippen LogP contribution in [-0.4, -0.2) is 71.1 Å². The molecule has 1 saturated heterocycles. The second-order valence-corrected chi connectivity index (χ2v) is 10.3. The van der Waals surface area contributed by atoms with E-state index in [4.69, 9.17) is 9.47 Å². The average molecular weight is 429 g/mol. The molecule has 3 aliphatic carbocycles. The van der Waals surface area contributed by atoms with Gasteiger partial charge in [-0.1, -0.05) is 6.07 Å². The lowest BCUT2D eigenvalue weighted by Gasteiger charge is -2.65. The van der Waals surface area contributed by atoms with Crippen LogP contribution in [0.1, 0.15) is 50.2 Å². The molecule has 2 heterocycles. The fourth-order valence-corrected chi connectivity index (χ4v) is 7.43. The molecule has 2 saturated carbocycles. The zero-order valence-electron chi connectivity index (χ0n) is 18.3. The van der Waals surface area contributed by atoms with Crippen molar-refractivity contribution in [2.75, 3.05) is 20.2 Å². The van der Waals surface area contributed by atoms with Crippen molar-refractivity contribution < 1.29 is 24.5 Å². The SMILES string of the molecule is CO[C@@]12CC[C@@H](N[C@@H](C)C(=O)O)[C@@H]3Oc4c(O)ccc5c4[C@@]31CCN(CC1CC1)[C@@H]2C5. The molecule has 1 aromatic rings. The van der Waals surface area contributed by atoms with Crippen molar-refractivity contribution in [2.24, 2.45) is 5.92 Å². The molecule has 0 radical (unpaired) electrons. The summed E-state index contributed by atoms with van der Waals surface area (Å²) >= 11 is 0. The van der Waals surface area contributed by atoms with Gasteiger partial charge in [0, 0.05) is 31.3 Å². The van der Waals surface area contributed by atoms with Crippen LogP contribution in [0.3, 0.4) is 0 Å². The molecule has 3 N–H and O–H groups in total. The summed E-state index contributed by atoms with van der Waals surface area (Å²) in [6.45, 7) is 3.81. The predicted octanol–water partition coefficient (Wildman–Crippen LogP) is 2.04. The molecular weight excluding hydrogens is 396 g/mol. The number of aliphatic carboxylic acids is 1. The molecule has 6 atom stereocenters. The molecule has 3 fully saturated rings. The van der Waals surface area contributed by atoms with Crippen LogP contribution in [0.25, 0.3) is 0 Å². The van der Waals surface area contributed by atoms with Crippen LogP contribution in [-0.2, 0) is 21.4 Å². The number of carbonyl (C=O) groups is 1. The zero-order valence-corrected chi connectivity index (χ0v) is 18.3. The van der Waals surface area contributed by atoms with Gasteiger partial charge in [0.1, 0.15) is 12.1 Å². The van der Waals surface area contributed by atoms with Gasteiger partial charge in [-0.3, -0.25) is 15.0 Å². The van der Waals surface area contributed by atoms with E-state index in [0.29, 0.717) is 5.75 Å². The van der Waals surface area contributed by atoms with E-state index in [1.807, 2.05) is 7.11 Å². The maximum atomic E-state index is 11.6. The number of rotatable bonds is 6. The normalized spacial score (nSPS) is 39.0. The summed E-state index contributed by atoms with van der Waals surface area (Å²) in [5.74, 6) is 0.719. The Morgan fingerprint density at radius 1 is 1.35 bits per heavy atom. The van der Waals surface area contributed by atoms with Crippen molar-refractivity contribution in [3.63, 3.8) is 0 Å². The van der Waals surface area contributed by atoms with Gasteiger partial charge < -0.3 is 19.7 Å². The number of hydrogen-bond acceptors (Lipinski definition) is 6. The first-order valence-electron chi connectivity index (χ1n) is 11.7. The summed E-state index contributed by atoms with van der Waals surface area (Å²) in [6, 6.07) is 3.32. The minimum atomic E-state index is -0.860. The number of nitrogens with zero attached hydrogens (tertiary/aromatic N) is 1. The van der Waals surface area contributed by atoms with Crippen molar-refractivity contribution in [1.29, 1.82) is 0 Å². The molecule has 2 aliphatic heterocycles. The average Bonchev–Trinajstić information content (AvgIpc) is 3.50. The first-order chi connectivity index (χ1) is 14.9. The van der Waals surface area contributed by atoms with Gasteiger partial charge in [-0.25, -0.2) is 0 Å². The van der Waals surface area contributed by atoms with E-state index in [9.17, 15) is 15.0 Å². The number of likely N-dealkylation sites (tertiary alicyclic amines) is 1. The van der Waals surface area contributed by atoms with Gasteiger partial charge in [-0.2, -0.15) is 0 Å². The Morgan fingerprint density at radius 2 is 2.16 bits per heavy atom. The lowest BCUT2D eigenvalue weighted by molar-refractivity contribution is -0.208. The van der Waals surface area contributed by atoms with E-state index < -0.39 is 12.0 Å². The van der Waals surface area contributed by atoms with Crippen molar-refractivity contribution >= 4 is 5.97 Å². The molecule has 6 rings (SSSR count). The van der Waals surface area contributed by atoms with E-state index in [1.165, 1.54) is 18.4 Å². The molecular formula is C24H32N2O5. The Kier molecular flexibility index (Phi) is 4.22. The van der Waals surface area contributed by atoms with Crippen LogP contribution in [0.4, 0.5) is 0 Å². The number of benzene rings is 1. The maximum absolute atomic E-state index is 11.6. The van der Waals surface area contributed by atoms with Crippen molar-refractivity contribution in [1.82, 2.24) is 10.2 Å². The molecule has 1 spiro atoms. The van der Waals surface area contributed by atoms with Gasteiger partial charge >= 0.3 is 5.97 Å². The first-order valence-corrected chi connectivity index (χ1v) is 11.7. The quantitative estimate of drug-likeness (QED) is 0.639. The van der Waals surface area contributed by atoms with Crippen LogP contribution in [0.2, 0.25) is 0 Å². The molecule has 2 bridgehead atoms. The highest BCUT2D eigenvalue weighted by atomic mass is 16.5. The van der Waals surface area contributed by atoms with Crippen LogP contribution in [0, 0.1) is 5.92 Å². The smallest absolute Gasteiger partial charge is 0.320 e. The third-order valence-electron chi connectivity index (χ3n) is 8.92. The monoisotopic (exact) mass is 428 g/mol. The molecule has 5 aliphatic rings. The molecule has 31 heavy (non-hydrogen) atoms. The second-order valence-electron chi connectivity index (χ2n) is 10.3. The standard InChI is InChI=1S/C24H32N2O5/c1-13(22(28)29)25-16-7-8-24(30-2)18-11-15-5-6-17(27)20-19(15)23(24,21(16)31-20)9-10-26(18)12-14-3-4-14/h5-6,13-14,16,18,21,25,27H,3-4,7-12H2,1-2H3,(H,28,29)/t13-,16+,18+,21-,23-,24+/m0/s1. The minimum Gasteiger partial charge on any atom is -0.504 e. The Morgan fingerprint density at radius 3 is 2.87 bits per heavy atom. The van der Waals surface area contributed by atoms with Gasteiger partial charge in [-0.05, 0) is 69.5 Å². The number of ether oxygens (including phenoxy) is 2. The molecule has 1 aromatic carbocycles. The number of carboxylic acids is 1. The number of phenolic OH excluding ortho intramolecular Hbond substituents is 1. The summed E-state index contributed by atoms with van der Waals surface area (Å²) in [5, 5.41) is 23.5. The third-order valence-corrected chi connectivity index (χ3v) is 8.92. The van der Waals surface area contributed by atoms with Crippen LogP contribution < -0.4 is 10.1 Å². The molecule has 0 aromatic heterocycles. The Balaban J connectivity index is 1.49. The van der Waals surface area contributed by atoms with Crippen LogP contribution in [0.15, 0.2) is 12.1 Å². The van der Waals surface area contributed by atoms with Gasteiger partial charge in [-0.15, -0.1) is 0 Å². The zero-order chi connectivity index (χ0) is 21.5. The summed E-state index contributed by atoms with van der Waals surface area (Å²) in [5.41, 5.74) is 1.61. The molecule has 7 nitrogen and oxygen atoms in total. The maximum Gasteiger partial charge on any atom is 0.320 e. The number of hydrogen-bond donors (Lipinski definition) is 3. The van der Waals surface area contributed by atoms with Gasteiger partial charge in [0.15, 0.2) is 11.5 Å². The topological polar surface area (TPSA) is 91.3 Å². The highest BCUT2D eigenvalue weighted by Crippen LogP contribution is 2.66. The highest BCUT2D eigenvalue weighted by molar-refractivity contribution is 5.73. The van der Waals surface area contributed by atoms with E-state index in [2.05, 4.69) is 16.3 Å². The Bertz CT molecular complexity index is 933. The van der Waals surface area contributed by atoms with Gasteiger partial charge in [0.05, 0.1) is 11.0 Å². The van der Waals surface area contributed by atoms with Gasteiger partial charge in [0.25, 0.3) is 0 Å². The van der Waals surface area contributed by atoms with E-state index in [1.54, 1.807) is 13.0 Å². The number of methoxy groups -OCH3 is 1. The minimum absolute atomic E-state index is 0.109. The van der Waals surface area contributed by atoms with Crippen molar-refractivity contribution in [3.05, 3.63) is 23.3 Å². The second kappa shape index (κ2) is 6.59. The van der Waals surface area contributed by atoms with E-state index in [-0.39, 0.29) is 35.0 Å². The summed E-state index contributed by atoms with van der Waals surface area (Å²) in [4.78, 5) is 14.2. The third kappa shape index (κ3) is 2.48. The number of piperidine rings is 1. The number of carboxylic acid groups (broad SMARTS) is 1. The number of nitrogens with one attached hydrogen (secondary N) is 1. The molecule has 7 heteroatoms. The fraction of sp³-hybridized carbons (Fsp3) is 0.708. The van der Waals surface area contributed by atoms with Gasteiger partial charge in [0.2, 0.25) is 0 Å². The Hall–Kier alpha value is -1.83. The summed E-state index contributed by atoms with van der Waals surface area (Å²) < 4.78 is 13.1. The summed E-state index contributed by atoms with van der Waals surface area (Å²) in [6.07, 6.45) is 5.85. The number of aromatic hydroxyl groups is 1. The van der Waals surface area contributed by atoms with Crippen LogP contribution >= 0.6 is 0 Å². The largest absolute Gasteiger partial charge is 0.504 e. The van der Waals surface area contributed by atoms with Crippen LogP contribution in [0.5, 0.6) is 11.5 Å². The first kappa shape index (κ1) is 19.8. The lowest BCUT2D eigenvalue weighted by Crippen LogP contribution is -2.79. The van der Waals surface area contributed by atoms with E-state index in [0.717, 1.165) is 50.3 Å². The number of phenols is 1. The van der Waals surface area contributed by atoms with Crippen molar-refractivity contribution in [3.8, 4) is 11.5 Å². The lowest BCUT2D eigenvalue weighted by atomic mass is 9.48. The van der Waals surface area contributed by atoms with Crippen molar-refractivity contribution in [2.45, 2.75) is 80.7 Å². The summed E-state index contributed by atoms with van der Waals surface area (Å²) in [7, 11) is 1.84.